The molecule has 0 bridgehead atoms. The summed E-state index contributed by atoms with van der Waals surface area (Å²) in [5.74, 6) is -0.820. The van der Waals surface area contributed by atoms with Crippen LogP contribution in [0.5, 0.6) is 0 Å². The van der Waals surface area contributed by atoms with Crippen molar-refractivity contribution in [2.45, 2.75) is 29.7 Å². The first-order chi connectivity index (χ1) is 9.93. The number of nitrogens with zero attached hydrogens (tertiary/aromatic N) is 2. The van der Waals surface area contributed by atoms with E-state index in [9.17, 15) is 13.2 Å². The molecule has 9 nitrogen and oxygen atoms in total. The first kappa shape index (κ1) is 13.8. The zero-order valence-corrected chi connectivity index (χ0v) is 11.6. The smallest absolute Gasteiger partial charge is 0.353 e. The van der Waals surface area contributed by atoms with Crippen LogP contribution in [0.1, 0.15) is 35.6 Å². The molecule has 0 unspecified atom stereocenters. The van der Waals surface area contributed by atoms with Gasteiger partial charge in [0.2, 0.25) is 10.0 Å². The number of imidazole rings is 1. The summed E-state index contributed by atoms with van der Waals surface area (Å²) in [4.78, 5) is 17.6. The lowest BCUT2D eigenvalue weighted by molar-refractivity contribution is 0.0690. The van der Waals surface area contributed by atoms with E-state index in [1.807, 2.05) is 0 Å². The molecule has 2 aromatic heterocycles. The summed E-state index contributed by atoms with van der Waals surface area (Å²) < 4.78 is 27.2. The van der Waals surface area contributed by atoms with E-state index >= 15 is 0 Å². The van der Waals surface area contributed by atoms with Crippen LogP contribution in [0.3, 0.4) is 0 Å². The molecule has 21 heavy (non-hydrogen) atoms. The Balaban J connectivity index is 1.92. The van der Waals surface area contributed by atoms with Crippen molar-refractivity contribution in [3.63, 3.8) is 0 Å². The fourth-order valence-corrected chi connectivity index (χ4v) is 3.63. The van der Waals surface area contributed by atoms with Gasteiger partial charge in [-0.25, -0.2) is 18.2 Å². The van der Waals surface area contributed by atoms with Crippen LogP contribution < -0.4 is 4.72 Å². The van der Waals surface area contributed by atoms with Crippen molar-refractivity contribution in [1.29, 1.82) is 0 Å². The van der Waals surface area contributed by atoms with Crippen molar-refractivity contribution in [2.75, 3.05) is 0 Å². The Kier molecular flexibility index (Phi) is 3.06. The highest BCUT2D eigenvalue weighted by atomic mass is 32.2. The zero-order valence-electron chi connectivity index (χ0n) is 10.8. The van der Waals surface area contributed by atoms with E-state index in [-0.39, 0.29) is 10.6 Å². The molecule has 0 saturated heterocycles. The van der Waals surface area contributed by atoms with Crippen molar-refractivity contribution in [3.05, 3.63) is 30.1 Å². The largest absolute Gasteiger partial charge is 0.477 e. The second-order valence-electron chi connectivity index (χ2n) is 4.93. The monoisotopic (exact) mass is 311 g/mol. The fourth-order valence-electron chi connectivity index (χ4n) is 2.29. The van der Waals surface area contributed by atoms with E-state index in [2.05, 4.69) is 24.9 Å². The Hall–Kier alpha value is -2.20. The maximum absolute atomic E-state index is 12.3. The Labute approximate surface area is 119 Å². The van der Waals surface area contributed by atoms with E-state index < -0.39 is 21.5 Å². The number of sulfonamides is 1. The van der Waals surface area contributed by atoms with E-state index in [4.69, 9.17) is 5.11 Å². The Morgan fingerprint density at radius 3 is 2.62 bits per heavy atom. The summed E-state index contributed by atoms with van der Waals surface area (Å²) in [6.45, 7) is 0. The summed E-state index contributed by atoms with van der Waals surface area (Å²) in [6, 6.07) is 0. The van der Waals surface area contributed by atoms with Crippen LogP contribution in [0, 0.1) is 0 Å². The average molecular weight is 311 g/mol. The van der Waals surface area contributed by atoms with Crippen LogP contribution in [-0.4, -0.2) is 39.7 Å². The van der Waals surface area contributed by atoms with Crippen LogP contribution in [0.2, 0.25) is 0 Å². The van der Waals surface area contributed by atoms with E-state index in [0.717, 1.165) is 6.42 Å². The predicted molar refractivity (Wildman–Crippen MR) is 70.0 cm³/mol. The summed E-state index contributed by atoms with van der Waals surface area (Å²) in [5, 5.41) is 15.0. The van der Waals surface area contributed by atoms with Gasteiger partial charge in [-0.15, -0.1) is 0 Å². The number of rotatable bonds is 5. The first-order valence-electron chi connectivity index (χ1n) is 6.24. The standard InChI is InChI=1S/C11H13N5O4S/c17-9(18)8-6-12-10(15-8)11(2-1-3-11)16-21(19,20)7-4-13-14-5-7/h4-6,16H,1-3H2,(H,12,15)(H,13,14)(H,17,18). The molecule has 2 heterocycles. The average Bonchev–Trinajstić information content (AvgIpc) is 3.04. The molecule has 0 spiro atoms. The van der Waals surface area contributed by atoms with Gasteiger partial charge in [0.05, 0.1) is 17.9 Å². The molecule has 4 N–H and O–H groups in total. The van der Waals surface area contributed by atoms with Gasteiger partial charge in [-0.3, -0.25) is 5.10 Å². The molecule has 0 amide bonds. The summed E-state index contributed by atoms with van der Waals surface area (Å²) in [5.41, 5.74) is -0.956. The van der Waals surface area contributed by atoms with Gasteiger partial charge in [0.15, 0.2) is 0 Å². The molecule has 2 aromatic rings. The first-order valence-corrected chi connectivity index (χ1v) is 7.73. The SMILES string of the molecule is O=C(O)c1cnc(C2(NS(=O)(=O)c3cn[nH]c3)CCC2)[nH]1. The van der Waals surface area contributed by atoms with Crippen molar-refractivity contribution in [2.24, 2.45) is 0 Å². The normalized spacial score (nSPS) is 17.3. The Bertz CT molecular complexity index is 760. The van der Waals surface area contributed by atoms with Crippen LogP contribution >= 0.6 is 0 Å². The molecule has 112 valence electrons. The Morgan fingerprint density at radius 2 is 2.14 bits per heavy atom. The predicted octanol–water partition coefficient (Wildman–Crippen LogP) is 0.189. The third kappa shape index (κ3) is 2.32. The molecular formula is C11H13N5O4S. The number of nitrogens with one attached hydrogen (secondary N) is 3. The van der Waals surface area contributed by atoms with Gasteiger partial charge in [-0.2, -0.15) is 9.82 Å². The van der Waals surface area contributed by atoms with Crippen molar-refractivity contribution in [3.8, 4) is 0 Å². The molecular weight excluding hydrogens is 298 g/mol. The highest BCUT2D eigenvalue weighted by molar-refractivity contribution is 7.89. The van der Waals surface area contributed by atoms with Gasteiger partial charge in [-0.1, -0.05) is 0 Å². The maximum atomic E-state index is 12.3. The molecule has 1 aliphatic rings. The number of H-pyrrole nitrogens is 2. The van der Waals surface area contributed by atoms with Crippen molar-refractivity contribution >= 4 is 16.0 Å². The van der Waals surface area contributed by atoms with Crippen LogP contribution in [0.4, 0.5) is 0 Å². The number of hydrogen-bond acceptors (Lipinski definition) is 5. The number of aromatic nitrogens is 4. The fraction of sp³-hybridized carbons (Fsp3) is 0.364. The number of hydrogen-bond donors (Lipinski definition) is 4. The lowest BCUT2D eigenvalue weighted by atomic mass is 9.77. The summed E-state index contributed by atoms with van der Waals surface area (Å²) in [7, 11) is -3.75. The Morgan fingerprint density at radius 1 is 1.38 bits per heavy atom. The highest BCUT2D eigenvalue weighted by Gasteiger charge is 2.45. The van der Waals surface area contributed by atoms with Gasteiger partial charge in [-0.05, 0) is 19.3 Å². The van der Waals surface area contributed by atoms with Gasteiger partial charge in [0.1, 0.15) is 16.4 Å². The summed E-state index contributed by atoms with van der Waals surface area (Å²) >= 11 is 0. The van der Waals surface area contributed by atoms with Gasteiger partial charge in [0.25, 0.3) is 0 Å². The molecule has 3 rings (SSSR count). The van der Waals surface area contributed by atoms with E-state index in [0.29, 0.717) is 18.7 Å². The molecule has 1 aliphatic carbocycles. The van der Waals surface area contributed by atoms with E-state index in [1.54, 1.807) is 0 Å². The third-order valence-corrected chi connectivity index (χ3v) is 5.08. The van der Waals surface area contributed by atoms with Crippen molar-refractivity contribution in [1.82, 2.24) is 24.9 Å². The lowest BCUT2D eigenvalue weighted by Gasteiger charge is -2.40. The molecule has 1 fully saturated rings. The minimum Gasteiger partial charge on any atom is -0.477 e. The maximum Gasteiger partial charge on any atom is 0.353 e. The van der Waals surface area contributed by atoms with Gasteiger partial charge in [0, 0.05) is 6.20 Å². The number of carboxylic acids is 1. The van der Waals surface area contributed by atoms with E-state index in [1.165, 1.54) is 18.6 Å². The van der Waals surface area contributed by atoms with Crippen LogP contribution in [0.25, 0.3) is 0 Å². The number of aromatic carboxylic acids is 1. The minimum absolute atomic E-state index is 0.0267. The second-order valence-corrected chi connectivity index (χ2v) is 6.61. The number of carbonyl (C=O) groups is 1. The molecule has 1 saturated carbocycles. The molecule has 10 heteroatoms. The van der Waals surface area contributed by atoms with Crippen molar-refractivity contribution < 1.29 is 18.3 Å². The van der Waals surface area contributed by atoms with Crippen LogP contribution in [-0.2, 0) is 15.6 Å². The quantitative estimate of drug-likeness (QED) is 0.621. The summed E-state index contributed by atoms with van der Waals surface area (Å²) in [6.07, 6.45) is 5.60. The zero-order chi connectivity index (χ0) is 15.1. The number of carboxylic acid groups (broad SMARTS) is 1. The third-order valence-electron chi connectivity index (χ3n) is 3.58. The van der Waals surface area contributed by atoms with Crippen LogP contribution in [0.15, 0.2) is 23.5 Å². The van der Waals surface area contributed by atoms with Gasteiger partial charge < -0.3 is 10.1 Å². The topological polar surface area (TPSA) is 141 Å². The lowest BCUT2D eigenvalue weighted by Crippen LogP contribution is -2.51. The highest BCUT2D eigenvalue weighted by Crippen LogP contribution is 2.40. The minimum atomic E-state index is -3.75. The molecule has 0 aliphatic heterocycles. The molecule has 0 aromatic carbocycles. The van der Waals surface area contributed by atoms with Gasteiger partial charge >= 0.3 is 5.97 Å². The molecule has 0 atom stereocenters. The second kappa shape index (κ2) is 4.67. The molecule has 0 radical (unpaired) electrons. The number of aromatic amines is 2.